The normalized spacial score (nSPS) is 22.4. The number of pyridine rings is 1. The summed E-state index contributed by atoms with van der Waals surface area (Å²) in [4.78, 5) is 32.1. The largest absolute Gasteiger partial charge is 0.507 e. The third kappa shape index (κ3) is 6.17. The van der Waals surface area contributed by atoms with Gasteiger partial charge in [-0.3, -0.25) is 19.5 Å². The summed E-state index contributed by atoms with van der Waals surface area (Å²) < 4.78 is 6.24. The number of hydrogen-bond donors (Lipinski definition) is 3. The van der Waals surface area contributed by atoms with Crippen LogP contribution >= 0.6 is 15.9 Å². The number of likely N-dealkylation sites (tertiary alicyclic amines) is 1. The van der Waals surface area contributed by atoms with E-state index in [2.05, 4.69) is 20.9 Å². The maximum Gasteiger partial charge on any atom is 0.233 e. The molecule has 0 saturated carbocycles. The molecule has 1 fully saturated rings. The lowest BCUT2D eigenvalue weighted by Crippen LogP contribution is -2.39. The van der Waals surface area contributed by atoms with E-state index in [-0.39, 0.29) is 37.2 Å². The summed E-state index contributed by atoms with van der Waals surface area (Å²) in [6, 6.07) is 10.7. The number of ether oxygens (including phenoxy) is 1. The molecule has 208 valence electrons. The number of aromatic nitrogens is 1. The number of aliphatic hydroxyl groups excluding tert-OH is 2. The third-order valence-electron chi connectivity index (χ3n) is 7.60. The minimum absolute atomic E-state index is 0.122. The van der Waals surface area contributed by atoms with E-state index < -0.39 is 23.9 Å². The second-order valence-electron chi connectivity index (χ2n) is 10.1. The molecule has 2 aliphatic rings. The van der Waals surface area contributed by atoms with Gasteiger partial charge in [-0.2, -0.15) is 0 Å². The van der Waals surface area contributed by atoms with Crippen LogP contribution in [0.5, 0.6) is 5.75 Å². The zero-order valence-electron chi connectivity index (χ0n) is 22.2. The predicted octanol–water partition coefficient (Wildman–Crippen LogP) is 4.20. The molecule has 0 unspecified atom stereocenters. The summed E-state index contributed by atoms with van der Waals surface area (Å²) in [5.41, 5.74) is 3.49. The number of benzene rings is 1. The Balaban J connectivity index is 1.65. The van der Waals surface area contributed by atoms with E-state index in [0.29, 0.717) is 42.6 Å². The number of rotatable bonds is 11. The number of phenols is 1. The summed E-state index contributed by atoms with van der Waals surface area (Å²) in [5, 5.41) is 32.4. The van der Waals surface area contributed by atoms with Crippen molar-refractivity contribution in [3.8, 4) is 5.75 Å². The van der Waals surface area contributed by atoms with Gasteiger partial charge >= 0.3 is 0 Å². The highest BCUT2D eigenvalue weighted by Gasteiger charge is 2.54. The number of halogens is 1. The first-order chi connectivity index (χ1) is 18.8. The molecule has 1 aromatic heterocycles. The van der Waals surface area contributed by atoms with Crippen molar-refractivity contribution < 1.29 is 29.6 Å². The minimum Gasteiger partial charge on any atom is -0.507 e. The Hall–Kier alpha value is -2.85. The second kappa shape index (κ2) is 13.0. The van der Waals surface area contributed by atoms with Crippen molar-refractivity contribution in [2.75, 3.05) is 26.9 Å². The Labute approximate surface area is 237 Å². The van der Waals surface area contributed by atoms with Crippen molar-refractivity contribution in [2.24, 2.45) is 17.8 Å². The lowest BCUT2D eigenvalue weighted by molar-refractivity contribution is -0.140. The summed E-state index contributed by atoms with van der Waals surface area (Å²) in [5.74, 6) is -2.27. The van der Waals surface area contributed by atoms with Gasteiger partial charge in [0.05, 0.1) is 36.8 Å². The number of amides is 2. The van der Waals surface area contributed by atoms with E-state index in [9.17, 15) is 24.9 Å². The molecule has 8 nitrogen and oxygen atoms in total. The number of aromatic hydroxyl groups is 1. The van der Waals surface area contributed by atoms with Crippen LogP contribution < -0.4 is 0 Å². The molecule has 4 atom stereocenters. The van der Waals surface area contributed by atoms with Crippen LogP contribution in [0.4, 0.5) is 0 Å². The maximum atomic E-state index is 13.3. The van der Waals surface area contributed by atoms with Gasteiger partial charge in [-0.25, -0.2) is 0 Å². The summed E-state index contributed by atoms with van der Waals surface area (Å²) in [6.07, 6.45) is 4.24. The van der Waals surface area contributed by atoms with Gasteiger partial charge in [-0.05, 0) is 78.8 Å². The maximum absolute atomic E-state index is 13.3. The molecule has 0 radical (unpaired) electrons. The number of fused-ring (bicyclic) bond motifs is 1. The van der Waals surface area contributed by atoms with Gasteiger partial charge in [-0.15, -0.1) is 0 Å². The molecule has 2 amide bonds. The van der Waals surface area contributed by atoms with Crippen molar-refractivity contribution in [1.29, 1.82) is 0 Å². The van der Waals surface area contributed by atoms with Crippen molar-refractivity contribution in [2.45, 2.75) is 38.7 Å². The third-order valence-corrected chi connectivity index (χ3v) is 8.09. The number of hydrogen-bond acceptors (Lipinski definition) is 7. The van der Waals surface area contributed by atoms with Crippen LogP contribution in [0.3, 0.4) is 0 Å². The molecule has 2 aromatic rings. The Kier molecular flexibility index (Phi) is 9.71. The van der Waals surface area contributed by atoms with Crippen molar-refractivity contribution in [1.82, 2.24) is 9.88 Å². The Morgan fingerprint density at radius 3 is 2.72 bits per heavy atom. The van der Waals surface area contributed by atoms with Gasteiger partial charge in [0, 0.05) is 35.8 Å². The number of allylic oxidation sites excluding steroid dienone is 1. The summed E-state index contributed by atoms with van der Waals surface area (Å²) in [7, 11) is 1.55. The number of imide groups is 1. The van der Waals surface area contributed by atoms with Crippen LogP contribution in [0.25, 0.3) is 11.6 Å². The smallest absolute Gasteiger partial charge is 0.233 e. The minimum atomic E-state index is -0.973. The molecule has 1 saturated heterocycles. The van der Waals surface area contributed by atoms with Crippen molar-refractivity contribution >= 4 is 39.4 Å². The molecule has 1 aliphatic heterocycles. The molecule has 9 heteroatoms. The van der Waals surface area contributed by atoms with Crippen LogP contribution in [-0.4, -0.2) is 70.0 Å². The molecule has 1 aliphatic carbocycles. The van der Waals surface area contributed by atoms with E-state index >= 15 is 0 Å². The zero-order valence-corrected chi connectivity index (χ0v) is 23.8. The highest BCUT2D eigenvalue weighted by atomic mass is 79.9. The molecular formula is C30H35BrN2O6. The van der Waals surface area contributed by atoms with Gasteiger partial charge in [0.1, 0.15) is 5.75 Å². The Morgan fingerprint density at radius 1 is 1.26 bits per heavy atom. The number of nitrogens with zero attached hydrogens (tertiary/aromatic N) is 2. The van der Waals surface area contributed by atoms with Crippen molar-refractivity contribution in [3.05, 3.63) is 69.5 Å². The first-order valence-electron chi connectivity index (χ1n) is 13.3. The average Bonchev–Trinajstić information content (AvgIpc) is 3.17. The number of methoxy groups -OCH3 is 1. The molecule has 39 heavy (non-hydrogen) atoms. The van der Waals surface area contributed by atoms with E-state index in [1.165, 1.54) is 4.90 Å². The summed E-state index contributed by atoms with van der Waals surface area (Å²) >= 11 is 3.45. The van der Waals surface area contributed by atoms with Gasteiger partial charge in [-0.1, -0.05) is 28.9 Å². The number of aliphatic hydroxyl groups is 2. The fraction of sp³-hybridized carbons (Fsp3) is 0.433. The monoisotopic (exact) mass is 598 g/mol. The fourth-order valence-electron chi connectivity index (χ4n) is 5.88. The number of carbonyl (C=O) groups is 2. The Bertz CT molecular complexity index is 1260. The summed E-state index contributed by atoms with van der Waals surface area (Å²) in [6.45, 7) is 2.11. The Morgan fingerprint density at radius 2 is 2.05 bits per heavy atom. The van der Waals surface area contributed by atoms with E-state index in [0.717, 1.165) is 15.6 Å². The highest BCUT2D eigenvalue weighted by molar-refractivity contribution is 9.10. The lowest BCUT2D eigenvalue weighted by atomic mass is 9.68. The average molecular weight is 600 g/mol. The van der Waals surface area contributed by atoms with Gasteiger partial charge in [0.25, 0.3) is 0 Å². The SMILES string of the molecule is CCCN1C(=O)[C@@H]2[C@@H](CC(COC)=C([C@H](O)CC/C(=C/c3cc(Br)ccc3O)c3ccccn3)[C@@H]2CO)C1=O. The van der Waals surface area contributed by atoms with E-state index in [1.807, 2.05) is 37.3 Å². The first-order valence-corrected chi connectivity index (χ1v) is 14.0. The highest BCUT2D eigenvalue weighted by Crippen LogP contribution is 2.46. The lowest BCUT2D eigenvalue weighted by Gasteiger charge is -2.36. The van der Waals surface area contributed by atoms with Gasteiger partial charge in [0.15, 0.2) is 0 Å². The quantitative estimate of drug-likeness (QED) is 0.262. The molecule has 1 aromatic carbocycles. The molecule has 3 N–H and O–H groups in total. The topological polar surface area (TPSA) is 120 Å². The van der Waals surface area contributed by atoms with Crippen LogP contribution in [0.1, 0.15) is 43.9 Å². The van der Waals surface area contributed by atoms with Crippen LogP contribution in [0.2, 0.25) is 0 Å². The predicted molar refractivity (Wildman–Crippen MR) is 151 cm³/mol. The van der Waals surface area contributed by atoms with Crippen LogP contribution in [-0.2, 0) is 14.3 Å². The number of phenolic OH excluding ortho intramolecular Hbond substituents is 1. The zero-order chi connectivity index (χ0) is 28.1. The fourth-order valence-corrected chi connectivity index (χ4v) is 6.26. The van der Waals surface area contributed by atoms with Gasteiger partial charge in [0.2, 0.25) is 11.8 Å². The second-order valence-corrected chi connectivity index (χ2v) is 11.0. The van der Waals surface area contributed by atoms with Gasteiger partial charge < -0.3 is 20.1 Å². The molecule has 0 spiro atoms. The molecular weight excluding hydrogens is 564 g/mol. The molecule has 0 bridgehead atoms. The standard InChI is InChI=1S/C30H35BrN2O6/c1-3-12-33-29(37)22-15-20(17-39-2)27(23(16-34)28(22)30(33)38)26(36)9-7-18(24-6-4-5-11-32-24)13-19-14-21(31)8-10-25(19)35/h4-6,8,10-11,13-14,22-23,26,28,34-36H,3,7,9,12,15-17H2,1-2H3/b18-13-/t22-,23+,26-,28-/m1/s1. The first kappa shape index (κ1) is 29.1. The van der Waals surface area contributed by atoms with E-state index in [1.54, 1.807) is 25.4 Å². The molecule has 2 heterocycles. The van der Waals surface area contributed by atoms with Crippen LogP contribution in [0, 0.1) is 17.8 Å². The van der Waals surface area contributed by atoms with Crippen LogP contribution in [0.15, 0.2) is 58.2 Å². The molecule has 4 rings (SSSR count). The number of carbonyl (C=O) groups excluding carboxylic acids is 2. The van der Waals surface area contributed by atoms with Crippen molar-refractivity contribution in [3.63, 3.8) is 0 Å². The van der Waals surface area contributed by atoms with E-state index in [4.69, 9.17) is 4.74 Å².